The second-order valence-corrected chi connectivity index (χ2v) is 5.81. The lowest BCUT2D eigenvalue weighted by atomic mass is 10.1. The standard InChI is InChI=1S/C19H21FN4O4/c1-11-5-6-12(18(26)24-11)17(25)22-9-3-4-10-23-19(27)15-14(28-2)8-7-13(20)16(15)21/h3-8H,9-10,21H2,1-2H3,(H,22,25)(H,23,27)(H,24,26)/b4-3+. The number of pyridine rings is 1. The number of hydrogen-bond acceptors (Lipinski definition) is 5. The maximum Gasteiger partial charge on any atom is 0.260 e. The molecule has 0 aliphatic carbocycles. The first-order chi connectivity index (χ1) is 13.3. The van der Waals surface area contributed by atoms with Gasteiger partial charge in [-0.2, -0.15) is 0 Å². The molecule has 0 spiro atoms. The van der Waals surface area contributed by atoms with Crippen molar-refractivity contribution in [2.45, 2.75) is 6.92 Å². The van der Waals surface area contributed by atoms with Crippen LogP contribution in [-0.4, -0.2) is 37.0 Å². The quantitative estimate of drug-likeness (QED) is 0.418. The maximum absolute atomic E-state index is 13.6. The van der Waals surface area contributed by atoms with E-state index >= 15 is 0 Å². The smallest absolute Gasteiger partial charge is 0.260 e. The highest BCUT2D eigenvalue weighted by molar-refractivity contribution is 6.02. The highest BCUT2D eigenvalue weighted by atomic mass is 19.1. The SMILES string of the molecule is COc1ccc(F)c(N)c1C(=O)NC/C=C/CNC(=O)c1ccc(C)[nH]c1=O. The predicted molar refractivity (Wildman–Crippen MR) is 103 cm³/mol. The van der Waals surface area contributed by atoms with Gasteiger partial charge in [-0.25, -0.2) is 4.39 Å². The Bertz CT molecular complexity index is 969. The molecule has 2 amide bonds. The van der Waals surface area contributed by atoms with Crippen LogP contribution in [0.25, 0.3) is 0 Å². The summed E-state index contributed by atoms with van der Waals surface area (Å²) in [4.78, 5) is 38.4. The number of nitrogens with one attached hydrogen (secondary N) is 3. The molecule has 0 bridgehead atoms. The fraction of sp³-hybridized carbons (Fsp3) is 0.211. The molecule has 28 heavy (non-hydrogen) atoms. The molecule has 2 aromatic rings. The Hall–Kier alpha value is -3.62. The number of aromatic nitrogens is 1. The van der Waals surface area contributed by atoms with Crippen molar-refractivity contribution in [3.05, 3.63) is 69.4 Å². The summed E-state index contributed by atoms with van der Waals surface area (Å²) in [5.74, 6) is -1.65. The number of halogens is 1. The molecule has 0 aliphatic rings. The fourth-order valence-electron chi connectivity index (χ4n) is 2.38. The van der Waals surface area contributed by atoms with Crippen molar-refractivity contribution in [3.8, 4) is 5.75 Å². The van der Waals surface area contributed by atoms with Crippen LogP contribution in [0.3, 0.4) is 0 Å². The van der Waals surface area contributed by atoms with Gasteiger partial charge in [-0.15, -0.1) is 0 Å². The average molecular weight is 388 g/mol. The van der Waals surface area contributed by atoms with E-state index in [0.717, 1.165) is 6.07 Å². The normalized spacial score (nSPS) is 10.7. The fourth-order valence-corrected chi connectivity index (χ4v) is 2.38. The summed E-state index contributed by atoms with van der Waals surface area (Å²) in [6.45, 7) is 2.00. The minimum Gasteiger partial charge on any atom is -0.496 e. The van der Waals surface area contributed by atoms with Crippen LogP contribution in [0.15, 0.2) is 41.2 Å². The summed E-state index contributed by atoms with van der Waals surface area (Å²) < 4.78 is 18.6. The van der Waals surface area contributed by atoms with Gasteiger partial charge in [-0.1, -0.05) is 12.2 Å². The third-order valence-corrected chi connectivity index (χ3v) is 3.83. The first kappa shape index (κ1) is 20.7. The van der Waals surface area contributed by atoms with Gasteiger partial charge >= 0.3 is 0 Å². The minimum atomic E-state index is -0.713. The van der Waals surface area contributed by atoms with E-state index in [1.54, 1.807) is 25.1 Å². The molecule has 0 atom stereocenters. The number of carbonyl (C=O) groups is 2. The Kier molecular flexibility index (Phi) is 6.91. The van der Waals surface area contributed by atoms with Gasteiger partial charge < -0.3 is 26.1 Å². The number of nitrogen functional groups attached to an aromatic ring is 1. The summed E-state index contributed by atoms with van der Waals surface area (Å²) in [6.07, 6.45) is 3.20. The summed E-state index contributed by atoms with van der Waals surface area (Å²) in [5, 5.41) is 5.12. The van der Waals surface area contributed by atoms with E-state index in [1.165, 1.54) is 19.2 Å². The molecule has 9 heteroatoms. The van der Waals surface area contributed by atoms with Crippen LogP contribution in [0.1, 0.15) is 26.4 Å². The molecule has 0 fully saturated rings. The van der Waals surface area contributed by atoms with Crippen LogP contribution in [0.4, 0.5) is 10.1 Å². The molecule has 1 heterocycles. The van der Waals surface area contributed by atoms with Crippen LogP contribution in [0.2, 0.25) is 0 Å². The zero-order valence-corrected chi connectivity index (χ0v) is 15.5. The summed E-state index contributed by atoms with van der Waals surface area (Å²) >= 11 is 0. The molecule has 0 unspecified atom stereocenters. The zero-order chi connectivity index (χ0) is 20.7. The second kappa shape index (κ2) is 9.36. The number of methoxy groups -OCH3 is 1. The van der Waals surface area contributed by atoms with E-state index < -0.39 is 23.2 Å². The van der Waals surface area contributed by atoms with Crippen molar-refractivity contribution >= 4 is 17.5 Å². The maximum atomic E-state index is 13.6. The van der Waals surface area contributed by atoms with Crippen LogP contribution >= 0.6 is 0 Å². The zero-order valence-electron chi connectivity index (χ0n) is 15.5. The van der Waals surface area contributed by atoms with Gasteiger partial charge in [0.2, 0.25) is 0 Å². The van der Waals surface area contributed by atoms with Gasteiger partial charge in [-0.3, -0.25) is 14.4 Å². The molecule has 0 aliphatic heterocycles. The van der Waals surface area contributed by atoms with Crippen molar-refractivity contribution in [2.24, 2.45) is 0 Å². The topological polar surface area (TPSA) is 126 Å². The van der Waals surface area contributed by atoms with Gasteiger partial charge in [0.1, 0.15) is 22.7 Å². The van der Waals surface area contributed by atoms with Gasteiger partial charge in [0, 0.05) is 18.8 Å². The monoisotopic (exact) mass is 388 g/mol. The number of benzene rings is 1. The minimum absolute atomic E-state index is 0.0148. The van der Waals surface area contributed by atoms with Crippen LogP contribution in [-0.2, 0) is 0 Å². The number of anilines is 1. The molecular weight excluding hydrogens is 367 g/mol. The van der Waals surface area contributed by atoms with Crippen LogP contribution in [0.5, 0.6) is 5.75 Å². The highest BCUT2D eigenvalue weighted by Gasteiger charge is 2.18. The van der Waals surface area contributed by atoms with Gasteiger partial charge in [0.15, 0.2) is 0 Å². The lowest BCUT2D eigenvalue weighted by Gasteiger charge is -2.11. The Morgan fingerprint density at radius 1 is 1.14 bits per heavy atom. The molecule has 0 saturated carbocycles. The Balaban J connectivity index is 1.86. The van der Waals surface area contributed by atoms with E-state index in [4.69, 9.17) is 10.5 Å². The predicted octanol–water partition coefficient (Wildman–Crippen LogP) is 1.13. The van der Waals surface area contributed by atoms with Crippen molar-refractivity contribution in [1.82, 2.24) is 15.6 Å². The number of carbonyl (C=O) groups excluding carboxylic acids is 2. The van der Waals surface area contributed by atoms with Crippen molar-refractivity contribution < 1.29 is 18.7 Å². The van der Waals surface area contributed by atoms with Gasteiger partial charge in [0.05, 0.1) is 12.8 Å². The Labute approximate surface area is 160 Å². The highest BCUT2D eigenvalue weighted by Crippen LogP contribution is 2.26. The number of rotatable bonds is 7. The second-order valence-electron chi connectivity index (χ2n) is 5.81. The number of amides is 2. The number of ether oxygens (including phenoxy) is 1. The first-order valence-corrected chi connectivity index (χ1v) is 8.38. The molecule has 5 N–H and O–H groups in total. The van der Waals surface area contributed by atoms with Crippen LogP contribution in [0, 0.1) is 12.7 Å². The third-order valence-electron chi connectivity index (χ3n) is 3.83. The number of hydrogen-bond donors (Lipinski definition) is 4. The number of aromatic amines is 1. The summed E-state index contributed by atoms with van der Waals surface area (Å²) in [7, 11) is 1.35. The molecule has 148 valence electrons. The van der Waals surface area contributed by atoms with E-state index in [-0.39, 0.29) is 35.7 Å². The van der Waals surface area contributed by atoms with Crippen molar-refractivity contribution in [2.75, 3.05) is 25.9 Å². The average Bonchev–Trinajstić information content (AvgIpc) is 2.66. The van der Waals surface area contributed by atoms with E-state index in [9.17, 15) is 18.8 Å². The third kappa shape index (κ3) is 4.97. The van der Waals surface area contributed by atoms with Crippen molar-refractivity contribution in [3.63, 3.8) is 0 Å². The number of aryl methyl sites for hydroxylation is 1. The summed E-state index contributed by atoms with van der Waals surface area (Å²) in [5.41, 5.74) is 5.45. The lowest BCUT2D eigenvalue weighted by molar-refractivity contribution is 0.0946. The van der Waals surface area contributed by atoms with Gasteiger partial charge in [0.25, 0.3) is 17.4 Å². The van der Waals surface area contributed by atoms with E-state index in [0.29, 0.717) is 5.69 Å². The molecule has 2 rings (SSSR count). The number of nitrogens with two attached hydrogens (primary N) is 1. The molecule has 0 radical (unpaired) electrons. The summed E-state index contributed by atoms with van der Waals surface area (Å²) in [6, 6.07) is 5.52. The molecule has 1 aromatic carbocycles. The largest absolute Gasteiger partial charge is 0.496 e. The number of H-pyrrole nitrogens is 1. The van der Waals surface area contributed by atoms with Crippen LogP contribution < -0.4 is 26.7 Å². The Morgan fingerprint density at radius 2 is 1.79 bits per heavy atom. The lowest BCUT2D eigenvalue weighted by Crippen LogP contribution is -2.30. The molecule has 0 saturated heterocycles. The van der Waals surface area contributed by atoms with E-state index in [2.05, 4.69) is 15.6 Å². The molecule has 1 aromatic heterocycles. The Morgan fingerprint density at radius 3 is 2.39 bits per heavy atom. The molecule has 8 nitrogen and oxygen atoms in total. The van der Waals surface area contributed by atoms with Crippen molar-refractivity contribution in [1.29, 1.82) is 0 Å². The van der Waals surface area contributed by atoms with E-state index in [1.807, 2.05) is 0 Å². The first-order valence-electron chi connectivity index (χ1n) is 8.38. The molecular formula is C19H21FN4O4. The van der Waals surface area contributed by atoms with Gasteiger partial charge in [-0.05, 0) is 31.2 Å².